The van der Waals surface area contributed by atoms with Crippen molar-refractivity contribution in [2.75, 3.05) is 33.4 Å². The molecule has 0 aliphatic carbocycles. The largest absolute Gasteiger partial charge is 0.496 e. The molecule has 8 heteroatoms. The molecule has 1 saturated heterocycles. The molecular weight excluding hydrogens is 368 g/mol. The molecule has 1 amide bonds. The third-order valence-corrected chi connectivity index (χ3v) is 6.74. The van der Waals surface area contributed by atoms with Gasteiger partial charge in [0.2, 0.25) is 15.9 Å². The molecule has 1 N–H and O–H groups in total. The average Bonchev–Trinajstić information content (AvgIpc) is 2.66. The van der Waals surface area contributed by atoms with E-state index >= 15 is 0 Å². The molecule has 1 aliphatic heterocycles. The number of carbonyl (C=O) groups is 1. The van der Waals surface area contributed by atoms with Crippen molar-refractivity contribution in [1.82, 2.24) is 9.62 Å². The number of rotatable bonds is 8. The molecule has 1 aromatic rings. The van der Waals surface area contributed by atoms with E-state index in [4.69, 9.17) is 9.47 Å². The van der Waals surface area contributed by atoms with Crippen LogP contribution in [0.3, 0.4) is 0 Å². The van der Waals surface area contributed by atoms with Gasteiger partial charge in [0.05, 0.1) is 25.2 Å². The topological polar surface area (TPSA) is 84.9 Å². The third kappa shape index (κ3) is 5.67. The Balaban J connectivity index is 2.16. The maximum atomic E-state index is 12.9. The summed E-state index contributed by atoms with van der Waals surface area (Å²) >= 11 is 0. The van der Waals surface area contributed by atoms with Gasteiger partial charge in [-0.3, -0.25) is 4.79 Å². The highest BCUT2D eigenvalue weighted by Gasteiger charge is 2.27. The van der Waals surface area contributed by atoms with E-state index in [1.165, 1.54) is 11.4 Å². The van der Waals surface area contributed by atoms with Crippen LogP contribution in [0.15, 0.2) is 23.1 Å². The highest BCUT2D eigenvalue weighted by molar-refractivity contribution is 7.89. The third-order valence-electron chi connectivity index (χ3n) is 4.84. The van der Waals surface area contributed by atoms with Crippen LogP contribution < -0.4 is 10.1 Å². The normalized spacial score (nSPS) is 16.1. The molecule has 2 rings (SSSR count). The van der Waals surface area contributed by atoms with Crippen molar-refractivity contribution in [2.24, 2.45) is 0 Å². The van der Waals surface area contributed by atoms with Crippen LogP contribution in [0.25, 0.3) is 0 Å². The van der Waals surface area contributed by atoms with E-state index in [1.807, 2.05) is 20.8 Å². The lowest BCUT2D eigenvalue weighted by Crippen LogP contribution is -2.42. The van der Waals surface area contributed by atoms with Crippen molar-refractivity contribution in [2.45, 2.75) is 50.5 Å². The molecule has 0 radical (unpaired) electrons. The minimum atomic E-state index is -3.58. The molecule has 0 unspecified atom stereocenters. The van der Waals surface area contributed by atoms with E-state index in [-0.39, 0.29) is 22.8 Å². The average molecular weight is 399 g/mol. The molecule has 1 aliphatic rings. The lowest BCUT2D eigenvalue weighted by atomic mass is 10.0. The zero-order valence-corrected chi connectivity index (χ0v) is 17.4. The zero-order valence-electron chi connectivity index (χ0n) is 16.6. The highest BCUT2D eigenvalue weighted by atomic mass is 32.2. The maximum Gasteiger partial charge on any atom is 0.243 e. The second-order valence-electron chi connectivity index (χ2n) is 7.28. The van der Waals surface area contributed by atoms with Gasteiger partial charge < -0.3 is 14.8 Å². The SMILES string of the molecule is CCC(C)(C)NC(=O)CCc1cc(S(=O)(=O)N2CCOCC2)ccc1OC. The molecule has 0 bridgehead atoms. The molecule has 1 heterocycles. The van der Waals surface area contributed by atoms with Crippen molar-refractivity contribution in [1.29, 1.82) is 0 Å². The summed E-state index contributed by atoms with van der Waals surface area (Å²) in [5.41, 5.74) is 0.444. The van der Waals surface area contributed by atoms with Crippen LogP contribution in [0.5, 0.6) is 5.75 Å². The summed E-state index contributed by atoms with van der Waals surface area (Å²) in [7, 11) is -2.05. The molecule has 7 nitrogen and oxygen atoms in total. The van der Waals surface area contributed by atoms with Gasteiger partial charge in [0.15, 0.2) is 0 Å². The fraction of sp³-hybridized carbons (Fsp3) is 0.632. The van der Waals surface area contributed by atoms with Crippen molar-refractivity contribution >= 4 is 15.9 Å². The van der Waals surface area contributed by atoms with Gasteiger partial charge in [-0.15, -0.1) is 0 Å². The van der Waals surface area contributed by atoms with Gasteiger partial charge in [-0.2, -0.15) is 4.31 Å². The number of hydrogen-bond acceptors (Lipinski definition) is 5. The number of aryl methyl sites for hydroxylation is 1. The zero-order chi connectivity index (χ0) is 20.1. The summed E-state index contributed by atoms with van der Waals surface area (Å²) < 4.78 is 37.7. The highest BCUT2D eigenvalue weighted by Crippen LogP contribution is 2.26. The van der Waals surface area contributed by atoms with E-state index in [2.05, 4.69) is 5.32 Å². The first-order valence-corrected chi connectivity index (χ1v) is 10.7. The number of morpholine rings is 1. The summed E-state index contributed by atoms with van der Waals surface area (Å²) in [6.07, 6.45) is 1.50. The molecule has 0 spiro atoms. The van der Waals surface area contributed by atoms with Gasteiger partial charge in [-0.05, 0) is 50.5 Å². The first-order valence-electron chi connectivity index (χ1n) is 9.25. The molecule has 0 saturated carbocycles. The Morgan fingerprint density at radius 3 is 2.56 bits per heavy atom. The molecular formula is C19H30N2O5S. The van der Waals surface area contributed by atoms with Crippen LogP contribution in [0, 0.1) is 0 Å². The number of hydrogen-bond donors (Lipinski definition) is 1. The van der Waals surface area contributed by atoms with Gasteiger partial charge in [0, 0.05) is 25.0 Å². The molecule has 152 valence electrons. The van der Waals surface area contributed by atoms with Crippen LogP contribution in [0.4, 0.5) is 0 Å². The second kappa shape index (κ2) is 9.03. The molecule has 27 heavy (non-hydrogen) atoms. The van der Waals surface area contributed by atoms with Crippen LogP contribution in [-0.4, -0.2) is 57.6 Å². The Morgan fingerprint density at radius 2 is 1.96 bits per heavy atom. The molecule has 0 atom stereocenters. The number of amides is 1. The molecule has 1 fully saturated rings. The van der Waals surface area contributed by atoms with Crippen LogP contribution in [0.2, 0.25) is 0 Å². The quantitative estimate of drug-likeness (QED) is 0.724. The lowest BCUT2D eigenvalue weighted by Gasteiger charge is -2.26. The van der Waals surface area contributed by atoms with Crippen molar-refractivity contribution in [3.05, 3.63) is 23.8 Å². The van der Waals surface area contributed by atoms with Crippen LogP contribution >= 0.6 is 0 Å². The Morgan fingerprint density at radius 1 is 1.30 bits per heavy atom. The van der Waals surface area contributed by atoms with Crippen molar-refractivity contribution < 1.29 is 22.7 Å². The summed E-state index contributed by atoms with van der Waals surface area (Å²) in [4.78, 5) is 12.4. The van der Waals surface area contributed by atoms with Crippen LogP contribution in [0.1, 0.15) is 39.2 Å². The first-order chi connectivity index (χ1) is 12.7. The Labute approximate surface area is 162 Å². The van der Waals surface area contributed by atoms with Gasteiger partial charge in [-0.1, -0.05) is 6.92 Å². The lowest BCUT2D eigenvalue weighted by molar-refractivity contribution is -0.122. The smallest absolute Gasteiger partial charge is 0.243 e. The predicted octanol–water partition coefficient (Wildman–Crippen LogP) is 1.95. The molecule has 1 aromatic carbocycles. The number of methoxy groups -OCH3 is 1. The van der Waals surface area contributed by atoms with E-state index in [0.29, 0.717) is 44.0 Å². The van der Waals surface area contributed by atoms with Gasteiger partial charge in [0.1, 0.15) is 5.75 Å². The van der Waals surface area contributed by atoms with Crippen molar-refractivity contribution in [3.63, 3.8) is 0 Å². The fourth-order valence-corrected chi connectivity index (χ4v) is 4.28. The van der Waals surface area contributed by atoms with E-state index < -0.39 is 10.0 Å². The Hall–Kier alpha value is -1.64. The number of nitrogens with zero attached hydrogens (tertiary/aromatic N) is 1. The van der Waals surface area contributed by atoms with Crippen molar-refractivity contribution in [3.8, 4) is 5.75 Å². The van der Waals surface area contributed by atoms with Gasteiger partial charge >= 0.3 is 0 Å². The first kappa shape index (κ1) is 21.7. The standard InChI is InChI=1S/C19H30N2O5S/c1-5-19(2,3)20-18(22)9-6-15-14-16(7-8-17(15)25-4)27(23,24)21-10-12-26-13-11-21/h7-8,14H,5-6,9-13H2,1-4H3,(H,20,22). The second-order valence-corrected chi connectivity index (χ2v) is 9.21. The maximum absolute atomic E-state index is 12.9. The summed E-state index contributed by atoms with van der Waals surface area (Å²) in [6.45, 7) is 7.45. The fourth-order valence-electron chi connectivity index (χ4n) is 2.82. The van der Waals surface area contributed by atoms with Gasteiger partial charge in [0.25, 0.3) is 0 Å². The van der Waals surface area contributed by atoms with E-state index in [0.717, 1.165) is 6.42 Å². The van der Waals surface area contributed by atoms with E-state index in [1.54, 1.807) is 18.2 Å². The predicted molar refractivity (Wildman–Crippen MR) is 103 cm³/mol. The summed E-state index contributed by atoms with van der Waals surface area (Å²) in [5, 5.41) is 2.99. The Bertz CT molecular complexity index is 755. The number of sulfonamides is 1. The number of nitrogens with one attached hydrogen (secondary N) is 1. The number of benzene rings is 1. The minimum absolute atomic E-state index is 0.0645. The summed E-state index contributed by atoms with van der Waals surface area (Å²) in [5.74, 6) is 0.517. The minimum Gasteiger partial charge on any atom is -0.496 e. The Kier molecular flexibility index (Phi) is 7.25. The van der Waals surface area contributed by atoms with Crippen LogP contribution in [-0.2, 0) is 26.0 Å². The summed E-state index contributed by atoms with van der Waals surface area (Å²) in [6, 6.07) is 4.81. The monoisotopic (exact) mass is 398 g/mol. The van der Waals surface area contributed by atoms with E-state index in [9.17, 15) is 13.2 Å². The number of carbonyl (C=O) groups excluding carboxylic acids is 1. The molecule has 0 aromatic heterocycles. The van der Waals surface area contributed by atoms with Gasteiger partial charge in [-0.25, -0.2) is 8.42 Å². The number of ether oxygens (including phenoxy) is 2.